The van der Waals surface area contributed by atoms with E-state index in [1.165, 1.54) is 16.7 Å². The molecule has 24 heavy (non-hydrogen) atoms. The molecule has 0 saturated carbocycles. The molecule has 1 unspecified atom stereocenters. The summed E-state index contributed by atoms with van der Waals surface area (Å²) in [5.41, 5.74) is 10.2. The van der Waals surface area contributed by atoms with Gasteiger partial charge in [-0.3, -0.25) is 4.79 Å². The summed E-state index contributed by atoms with van der Waals surface area (Å²) < 4.78 is 0. The molecule has 2 N–H and O–H groups in total. The average Bonchev–Trinajstić information content (AvgIpc) is 2.58. The van der Waals surface area contributed by atoms with Gasteiger partial charge in [0, 0.05) is 23.1 Å². The fourth-order valence-electron chi connectivity index (χ4n) is 3.43. The molecular formula is C19H20Cl2N2O. The van der Waals surface area contributed by atoms with E-state index in [-0.39, 0.29) is 18.4 Å². The average molecular weight is 363 g/mol. The molecule has 0 fully saturated rings. The van der Waals surface area contributed by atoms with Crippen LogP contribution < -0.4 is 5.73 Å². The van der Waals surface area contributed by atoms with Crippen LogP contribution >= 0.6 is 23.2 Å². The minimum atomic E-state index is 0.0222. The molecule has 3 rings (SSSR count). The highest BCUT2D eigenvalue weighted by Crippen LogP contribution is 2.33. The van der Waals surface area contributed by atoms with Gasteiger partial charge < -0.3 is 10.6 Å². The molecule has 126 valence electrons. The lowest BCUT2D eigenvalue weighted by Crippen LogP contribution is -2.40. The van der Waals surface area contributed by atoms with Gasteiger partial charge in [-0.05, 0) is 47.7 Å². The summed E-state index contributed by atoms with van der Waals surface area (Å²) in [6.45, 7) is 3.27. The van der Waals surface area contributed by atoms with Gasteiger partial charge in [0.1, 0.15) is 0 Å². The van der Waals surface area contributed by atoms with Gasteiger partial charge in [-0.2, -0.15) is 0 Å². The van der Waals surface area contributed by atoms with Crippen LogP contribution in [0.1, 0.15) is 35.2 Å². The summed E-state index contributed by atoms with van der Waals surface area (Å²) >= 11 is 12.4. The first kappa shape index (κ1) is 17.3. The second-order valence-electron chi connectivity index (χ2n) is 6.08. The fraction of sp³-hybridized carbons (Fsp3) is 0.316. The zero-order valence-electron chi connectivity index (χ0n) is 13.6. The second kappa shape index (κ2) is 7.14. The molecule has 0 saturated heterocycles. The Labute approximate surface area is 152 Å². The topological polar surface area (TPSA) is 46.3 Å². The number of halogens is 2. The maximum atomic E-state index is 12.8. The third kappa shape index (κ3) is 3.16. The summed E-state index contributed by atoms with van der Waals surface area (Å²) in [5.74, 6) is 0.0429. The number of fused-ring (bicyclic) bond motifs is 1. The molecule has 0 radical (unpaired) electrons. The first-order valence-electron chi connectivity index (χ1n) is 8.06. The lowest BCUT2D eigenvalue weighted by molar-refractivity contribution is -0.133. The van der Waals surface area contributed by atoms with E-state index in [0.717, 1.165) is 6.42 Å². The van der Waals surface area contributed by atoms with E-state index in [1.54, 1.807) is 18.2 Å². The highest BCUT2D eigenvalue weighted by atomic mass is 35.5. The van der Waals surface area contributed by atoms with Gasteiger partial charge in [-0.25, -0.2) is 0 Å². The third-order valence-corrected chi connectivity index (χ3v) is 5.47. The van der Waals surface area contributed by atoms with Crippen LogP contribution in [0.15, 0.2) is 36.4 Å². The zero-order chi connectivity index (χ0) is 17.3. The Morgan fingerprint density at radius 1 is 1.21 bits per heavy atom. The van der Waals surface area contributed by atoms with E-state index < -0.39 is 0 Å². The highest BCUT2D eigenvalue weighted by molar-refractivity contribution is 6.36. The van der Waals surface area contributed by atoms with E-state index in [1.807, 2.05) is 11.0 Å². The van der Waals surface area contributed by atoms with Crippen molar-refractivity contribution in [1.82, 2.24) is 4.90 Å². The van der Waals surface area contributed by atoms with Crippen LogP contribution in [0.25, 0.3) is 0 Å². The van der Waals surface area contributed by atoms with Crippen LogP contribution in [0.4, 0.5) is 0 Å². The van der Waals surface area contributed by atoms with Crippen molar-refractivity contribution in [3.8, 4) is 0 Å². The minimum Gasteiger partial charge on any atom is -0.335 e. The third-order valence-electron chi connectivity index (χ3n) is 4.76. The summed E-state index contributed by atoms with van der Waals surface area (Å²) in [6.07, 6.45) is 1.05. The van der Waals surface area contributed by atoms with E-state index >= 15 is 0 Å². The van der Waals surface area contributed by atoms with E-state index in [2.05, 4.69) is 19.1 Å². The van der Waals surface area contributed by atoms with Gasteiger partial charge in [-0.1, -0.05) is 47.5 Å². The van der Waals surface area contributed by atoms with Crippen molar-refractivity contribution in [3.63, 3.8) is 0 Å². The van der Waals surface area contributed by atoms with E-state index in [0.29, 0.717) is 28.7 Å². The second-order valence-corrected chi connectivity index (χ2v) is 6.89. The smallest absolute Gasteiger partial charge is 0.227 e. The number of rotatable bonds is 3. The predicted octanol–water partition coefficient (Wildman–Crippen LogP) is 4.14. The standard InChI is InChI=1S/C19H20Cl2N2O/c1-12-14-5-2-4-13(11-22)15(14)8-9-23(12)19(24)10-16-17(20)6-3-7-18(16)21/h2-7,12H,8-11,22H2,1H3. The molecule has 0 spiro atoms. The normalized spacial score (nSPS) is 16.8. The Hall–Kier alpha value is -1.55. The van der Waals surface area contributed by atoms with Crippen molar-refractivity contribution < 1.29 is 4.79 Å². The molecule has 0 aromatic heterocycles. The number of carbonyl (C=O) groups is 1. The molecule has 0 aliphatic carbocycles. The summed E-state index contributed by atoms with van der Waals surface area (Å²) in [5, 5.41) is 1.07. The molecule has 3 nitrogen and oxygen atoms in total. The zero-order valence-corrected chi connectivity index (χ0v) is 15.1. The lowest BCUT2D eigenvalue weighted by atomic mass is 9.89. The largest absolute Gasteiger partial charge is 0.335 e. The Morgan fingerprint density at radius 3 is 2.54 bits per heavy atom. The molecule has 2 aromatic carbocycles. The highest BCUT2D eigenvalue weighted by Gasteiger charge is 2.29. The Kier molecular flexibility index (Phi) is 5.14. The number of carbonyl (C=O) groups excluding carboxylic acids is 1. The molecule has 1 aliphatic rings. The molecule has 1 amide bonds. The van der Waals surface area contributed by atoms with Crippen molar-refractivity contribution in [2.75, 3.05) is 6.54 Å². The monoisotopic (exact) mass is 362 g/mol. The quantitative estimate of drug-likeness (QED) is 0.891. The van der Waals surface area contributed by atoms with E-state index in [4.69, 9.17) is 28.9 Å². The van der Waals surface area contributed by atoms with Gasteiger partial charge in [0.25, 0.3) is 0 Å². The van der Waals surface area contributed by atoms with Gasteiger partial charge >= 0.3 is 0 Å². The number of nitrogens with zero attached hydrogens (tertiary/aromatic N) is 1. The van der Waals surface area contributed by atoms with Crippen molar-refractivity contribution in [3.05, 3.63) is 68.7 Å². The number of nitrogens with two attached hydrogens (primary N) is 1. The van der Waals surface area contributed by atoms with Crippen molar-refractivity contribution >= 4 is 29.1 Å². The lowest BCUT2D eigenvalue weighted by Gasteiger charge is -2.36. The van der Waals surface area contributed by atoms with Crippen LogP contribution in [-0.2, 0) is 24.2 Å². The Morgan fingerprint density at radius 2 is 1.88 bits per heavy atom. The number of hydrogen-bond donors (Lipinski definition) is 1. The fourth-order valence-corrected chi connectivity index (χ4v) is 3.96. The van der Waals surface area contributed by atoms with Crippen LogP contribution in [0, 0.1) is 0 Å². The maximum absolute atomic E-state index is 12.8. The number of amides is 1. The molecular weight excluding hydrogens is 343 g/mol. The van der Waals surface area contributed by atoms with Gasteiger partial charge in [0.05, 0.1) is 12.5 Å². The first-order chi connectivity index (χ1) is 11.5. The van der Waals surface area contributed by atoms with Crippen LogP contribution in [0.3, 0.4) is 0 Å². The minimum absolute atomic E-state index is 0.0222. The summed E-state index contributed by atoms with van der Waals surface area (Å²) in [6, 6.07) is 11.5. The molecule has 1 aliphatic heterocycles. The Balaban J connectivity index is 1.84. The van der Waals surface area contributed by atoms with Crippen LogP contribution in [0.5, 0.6) is 0 Å². The molecule has 0 bridgehead atoms. The molecule has 1 atom stereocenters. The van der Waals surface area contributed by atoms with Gasteiger partial charge in [0.15, 0.2) is 0 Å². The number of hydrogen-bond acceptors (Lipinski definition) is 2. The Bertz CT molecular complexity index is 756. The van der Waals surface area contributed by atoms with Crippen molar-refractivity contribution in [2.45, 2.75) is 32.4 Å². The molecule has 1 heterocycles. The summed E-state index contributed by atoms with van der Waals surface area (Å²) in [7, 11) is 0. The van der Waals surface area contributed by atoms with Crippen molar-refractivity contribution in [2.24, 2.45) is 5.73 Å². The van der Waals surface area contributed by atoms with Crippen LogP contribution in [-0.4, -0.2) is 17.4 Å². The predicted molar refractivity (Wildman–Crippen MR) is 98.3 cm³/mol. The van der Waals surface area contributed by atoms with Crippen molar-refractivity contribution in [1.29, 1.82) is 0 Å². The maximum Gasteiger partial charge on any atom is 0.227 e. The van der Waals surface area contributed by atoms with Gasteiger partial charge in [0.2, 0.25) is 5.91 Å². The van der Waals surface area contributed by atoms with Gasteiger partial charge in [-0.15, -0.1) is 0 Å². The molecule has 2 aromatic rings. The SMILES string of the molecule is CC1c2cccc(CN)c2CCN1C(=O)Cc1c(Cl)cccc1Cl. The first-order valence-corrected chi connectivity index (χ1v) is 8.81. The van der Waals surface area contributed by atoms with E-state index in [9.17, 15) is 4.79 Å². The molecule has 5 heteroatoms. The van der Waals surface area contributed by atoms with Crippen LogP contribution in [0.2, 0.25) is 10.0 Å². The summed E-state index contributed by atoms with van der Waals surface area (Å²) in [4.78, 5) is 14.7. The number of benzene rings is 2.